The Morgan fingerprint density at radius 3 is 3.10 bits per heavy atom. The first kappa shape index (κ1) is 6.89. The Balaban J connectivity index is 2.67. The van der Waals surface area contributed by atoms with Crippen LogP contribution in [0, 0.1) is 0 Å². The van der Waals surface area contributed by atoms with Crippen molar-refractivity contribution in [2.24, 2.45) is 5.73 Å². The Morgan fingerprint density at radius 1 is 1.60 bits per heavy atom. The molecule has 0 saturated heterocycles. The van der Waals surface area contributed by atoms with E-state index in [2.05, 4.69) is 9.97 Å². The molecule has 0 amide bonds. The first-order chi connectivity index (χ1) is 4.93. The molecule has 0 unspecified atom stereocenters. The van der Waals surface area contributed by atoms with Crippen LogP contribution >= 0.6 is 0 Å². The molecule has 3 nitrogen and oxygen atoms in total. The Bertz CT molecular complexity index is 205. The van der Waals surface area contributed by atoms with Gasteiger partial charge < -0.3 is 5.73 Å². The average Bonchev–Trinajstić information content (AvgIpc) is 2.03. The van der Waals surface area contributed by atoms with Crippen molar-refractivity contribution in [3.8, 4) is 0 Å². The average molecular weight is 135 g/mol. The van der Waals surface area contributed by atoms with Gasteiger partial charge in [-0.05, 0) is 12.1 Å². The first-order valence-electron chi connectivity index (χ1n) is 3.06. The SMILES string of the molecule is NCC=Cc1ccncn1. The van der Waals surface area contributed by atoms with Crippen LogP contribution in [0.5, 0.6) is 0 Å². The summed E-state index contributed by atoms with van der Waals surface area (Å²) < 4.78 is 0. The van der Waals surface area contributed by atoms with Crippen LogP contribution < -0.4 is 5.73 Å². The lowest BCUT2D eigenvalue weighted by molar-refractivity contribution is 1.15. The molecule has 0 saturated carbocycles. The number of nitrogens with zero attached hydrogens (tertiary/aromatic N) is 2. The van der Waals surface area contributed by atoms with Crippen LogP contribution in [0.2, 0.25) is 0 Å². The van der Waals surface area contributed by atoms with E-state index in [4.69, 9.17) is 5.73 Å². The lowest BCUT2D eigenvalue weighted by Gasteiger charge is -1.87. The van der Waals surface area contributed by atoms with E-state index in [0.717, 1.165) is 5.69 Å². The quantitative estimate of drug-likeness (QED) is 0.640. The number of aromatic nitrogens is 2. The zero-order valence-electron chi connectivity index (χ0n) is 5.57. The van der Waals surface area contributed by atoms with Crippen LogP contribution in [0.4, 0.5) is 0 Å². The summed E-state index contributed by atoms with van der Waals surface area (Å²) in [7, 11) is 0. The number of nitrogens with two attached hydrogens (primary N) is 1. The monoisotopic (exact) mass is 135 g/mol. The fourth-order valence-electron chi connectivity index (χ4n) is 0.588. The van der Waals surface area contributed by atoms with Crippen LogP contribution in [-0.4, -0.2) is 16.5 Å². The van der Waals surface area contributed by atoms with E-state index in [1.807, 2.05) is 18.2 Å². The molecule has 52 valence electrons. The third kappa shape index (κ3) is 1.95. The molecule has 0 atom stereocenters. The second kappa shape index (κ2) is 3.74. The van der Waals surface area contributed by atoms with Gasteiger partial charge in [0.1, 0.15) is 6.33 Å². The van der Waals surface area contributed by atoms with Crippen molar-refractivity contribution < 1.29 is 0 Å². The summed E-state index contributed by atoms with van der Waals surface area (Å²) in [6, 6.07) is 1.83. The Labute approximate surface area is 59.6 Å². The van der Waals surface area contributed by atoms with Crippen molar-refractivity contribution in [2.75, 3.05) is 6.54 Å². The maximum atomic E-state index is 5.25. The van der Waals surface area contributed by atoms with E-state index >= 15 is 0 Å². The number of hydrogen-bond acceptors (Lipinski definition) is 3. The van der Waals surface area contributed by atoms with Crippen molar-refractivity contribution in [3.05, 3.63) is 30.4 Å². The normalized spacial score (nSPS) is 10.5. The summed E-state index contributed by atoms with van der Waals surface area (Å²) in [5.74, 6) is 0. The third-order valence-electron chi connectivity index (χ3n) is 1.03. The molecule has 0 bridgehead atoms. The maximum absolute atomic E-state index is 5.25. The second-order valence-electron chi connectivity index (χ2n) is 1.77. The van der Waals surface area contributed by atoms with Gasteiger partial charge in [0.05, 0.1) is 5.69 Å². The molecule has 2 N–H and O–H groups in total. The molecule has 1 aromatic rings. The van der Waals surface area contributed by atoms with E-state index in [0.29, 0.717) is 6.54 Å². The van der Waals surface area contributed by atoms with Gasteiger partial charge >= 0.3 is 0 Å². The molecular weight excluding hydrogens is 126 g/mol. The first-order valence-corrected chi connectivity index (χ1v) is 3.06. The number of rotatable bonds is 2. The molecule has 0 fully saturated rings. The van der Waals surface area contributed by atoms with Gasteiger partial charge in [-0.15, -0.1) is 0 Å². The smallest absolute Gasteiger partial charge is 0.115 e. The van der Waals surface area contributed by atoms with Crippen molar-refractivity contribution >= 4 is 6.08 Å². The minimum atomic E-state index is 0.546. The zero-order valence-corrected chi connectivity index (χ0v) is 5.57. The van der Waals surface area contributed by atoms with Crippen molar-refractivity contribution in [1.29, 1.82) is 0 Å². The Morgan fingerprint density at radius 2 is 2.50 bits per heavy atom. The molecule has 0 aromatic carbocycles. The molecule has 0 radical (unpaired) electrons. The fourth-order valence-corrected chi connectivity index (χ4v) is 0.588. The summed E-state index contributed by atoms with van der Waals surface area (Å²) in [6.45, 7) is 0.546. The van der Waals surface area contributed by atoms with E-state index in [-0.39, 0.29) is 0 Å². The van der Waals surface area contributed by atoms with Crippen LogP contribution in [-0.2, 0) is 0 Å². The van der Waals surface area contributed by atoms with Gasteiger partial charge in [0.15, 0.2) is 0 Å². The summed E-state index contributed by atoms with van der Waals surface area (Å²) in [5, 5.41) is 0. The maximum Gasteiger partial charge on any atom is 0.115 e. The zero-order chi connectivity index (χ0) is 7.23. The summed E-state index contributed by atoms with van der Waals surface area (Å²) >= 11 is 0. The minimum absolute atomic E-state index is 0.546. The highest BCUT2D eigenvalue weighted by molar-refractivity contribution is 5.43. The summed E-state index contributed by atoms with van der Waals surface area (Å²) in [6.07, 6.45) is 6.92. The predicted molar refractivity (Wildman–Crippen MR) is 40.1 cm³/mol. The topological polar surface area (TPSA) is 51.8 Å². The molecule has 0 aliphatic carbocycles. The van der Waals surface area contributed by atoms with Gasteiger partial charge in [-0.1, -0.05) is 6.08 Å². The van der Waals surface area contributed by atoms with E-state index in [9.17, 15) is 0 Å². The molecule has 1 aromatic heterocycles. The van der Waals surface area contributed by atoms with Gasteiger partial charge in [0.25, 0.3) is 0 Å². The Kier molecular flexibility index (Phi) is 2.58. The van der Waals surface area contributed by atoms with E-state index < -0.39 is 0 Å². The largest absolute Gasteiger partial charge is 0.327 e. The predicted octanol–water partition coefficient (Wildman–Crippen LogP) is 0.449. The molecule has 3 heteroatoms. The van der Waals surface area contributed by atoms with Crippen molar-refractivity contribution in [2.45, 2.75) is 0 Å². The Hall–Kier alpha value is -1.22. The minimum Gasteiger partial charge on any atom is -0.327 e. The third-order valence-corrected chi connectivity index (χ3v) is 1.03. The summed E-state index contributed by atoms with van der Waals surface area (Å²) in [5.41, 5.74) is 6.14. The van der Waals surface area contributed by atoms with E-state index in [1.165, 1.54) is 6.33 Å². The standard InChI is InChI=1S/C7H9N3/c8-4-1-2-7-3-5-9-6-10-7/h1-3,5-6H,4,8H2. The van der Waals surface area contributed by atoms with Gasteiger partial charge in [0, 0.05) is 12.7 Å². The molecule has 1 heterocycles. The molecule has 10 heavy (non-hydrogen) atoms. The molecular formula is C7H9N3. The molecule has 1 rings (SSSR count). The van der Waals surface area contributed by atoms with Gasteiger partial charge in [-0.2, -0.15) is 0 Å². The summed E-state index contributed by atoms with van der Waals surface area (Å²) in [4.78, 5) is 7.74. The van der Waals surface area contributed by atoms with E-state index in [1.54, 1.807) is 6.20 Å². The van der Waals surface area contributed by atoms with Crippen molar-refractivity contribution in [1.82, 2.24) is 9.97 Å². The van der Waals surface area contributed by atoms with Crippen LogP contribution in [0.3, 0.4) is 0 Å². The van der Waals surface area contributed by atoms with Crippen LogP contribution in [0.1, 0.15) is 5.69 Å². The highest BCUT2D eigenvalue weighted by atomic mass is 14.8. The lowest BCUT2D eigenvalue weighted by Crippen LogP contribution is -1.92. The van der Waals surface area contributed by atoms with Crippen LogP contribution in [0.15, 0.2) is 24.7 Å². The van der Waals surface area contributed by atoms with Gasteiger partial charge in [0.2, 0.25) is 0 Å². The number of hydrogen-bond donors (Lipinski definition) is 1. The molecule has 0 aliphatic heterocycles. The van der Waals surface area contributed by atoms with Crippen LogP contribution in [0.25, 0.3) is 6.08 Å². The van der Waals surface area contributed by atoms with Gasteiger partial charge in [-0.25, -0.2) is 9.97 Å². The lowest BCUT2D eigenvalue weighted by atomic mass is 10.3. The van der Waals surface area contributed by atoms with Gasteiger partial charge in [-0.3, -0.25) is 0 Å². The highest BCUT2D eigenvalue weighted by Gasteiger charge is 1.81. The molecule has 0 spiro atoms. The van der Waals surface area contributed by atoms with Crippen molar-refractivity contribution in [3.63, 3.8) is 0 Å². The highest BCUT2D eigenvalue weighted by Crippen LogP contribution is 1.92. The second-order valence-corrected chi connectivity index (χ2v) is 1.77. The molecule has 0 aliphatic rings. The fraction of sp³-hybridized carbons (Fsp3) is 0.143.